The molecule has 2 saturated carbocycles. The minimum absolute atomic E-state index is 0.239. The van der Waals surface area contributed by atoms with E-state index in [0.29, 0.717) is 18.1 Å². The number of rotatable bonds is 4. The van der Waals surface area contributed by atoms with Crippen molar-refractivity contribution in [3.63, 3.8) is 0 Å². The predicted octanol–water partition coefficient (Wildman–Crippen LogP) is 4.68. The molecule has 24 heavy (non-hydrogen) atoms. The number of hydrogen-bond acceptors (Lipinski definition) is 2. The van der Waals surface area contributed by atoms with Gasteiger partial charge in [-0.15, -0.1) is 0 Å². The monoisotopic (exact) mass is 327 g/mol. The average Bonchev–Trinajstić information content (AvgIpc) is 3.22. The lowest BCUT2D eigenvalue weighted by Gasteiger charge is -2.44. The molecule has 4 atom stereocenters. The molecule has 132 valence electrons. The quantitative estimate of drug-likeness (QED) is 0.867. The van der Waals surface area contributed by atoms with E-state index in [1.807, 2.05) is 0 Å². The van der Waals surface area contributed by atoms with Crippen LogP contribution in [0.4, 0.5) is 0 Å². The van der Waals surface area contributed by atoms with Gasteiger partial charge in [0.05, 0.1) is 12.7 Å². The topological polar surface area (TPSA) is 21.3 Å². The summed E-state index contributed by atoms with van der Waals surface area (Å²) in [7, 11) is 0. The summed E-state index contributed by atoms with van der Waals surface area (Å²) in [5.74, 6) is 1.39. The van der Waals surface area contributed by atoms with E-state index in [9.17, 15) is 0 Å². The van der Waals surface area contributed by atoms with E-state index in [1.165, 1.54) is 50.5 Å². The van der Waals surface area contributed by atoms with Crippen molar-refractivity contribution in [1.82, 2.24) is 5.32 Å². The highest BCUT2D eigenvalue weighted by atomic mass is 16.5. The third kappa shape index (κ3) is 3.04. The van der Waals surface area contributed by atoms with Gasteiger partial charge in [-0.25, -0.2) is 0 Å². The summed E-state index contributed by atoms with van der Waals surface area (Å²) in [6, 6.07) is 12.7. The Kier molecular flexibility index (Phi) is 4.70. The van der Waals surface area contributed by atoms with Crippen molar-refractivity contribution in [2.24, 2.45) is 11.8 Å². The summed E-state index contributed by atoms with van der Waals surface area (Å²) in [5, 5.41) is 4.02. The van der Waals surface area contributed by atoms with Crippen LogP contribution in [0.5, 0.6) is 0 Å². The lowest BCUT2D eigenvalue weighted by Crippen LogP contribution is -2.45. The summed E-state index contributed by atoms with van der Waals surface area (Å²) in [5.41, 5.74) is 1.75. The summed E-state index contributed by atoms with van der Waals surface area (Å²) >= 11 is 0. The Labute approximate surface area is 147 Å². The minimum Gasteiger partial charge on any atom is -0.377 e. The maximum absolute atomic E-state index is 6.40. The Morgan fingerprint density at radius 1 is 1.04 bits per heavy atom. The molecule has 1 N–H and O–H groups in total. The van der Waals surface area contributed by atoms with Gasteiger partial charge in [-0.2, -0.15) is 0 Å². The fourth-order valence-corrected chi connectivity index (χ4v) is 5.59. The van der Waals surface area contributed by atoms with E-state index >= 15 is 0 Å². The van der Waals surface area contributed by atoms with Crippen molar-refractivity contribution in [3.8, 4) is 0 Å². The summed E-state index contributed by atoms with van der Waals surface area (Å²) in [6.07, 6.45) is 9.84. The summed E-state index contributed by atoms with van der Waals surface area (Å²) in [4.78, 5) is 0. The second-order valence-corrected chi connectivity index (χ2v) is 8.83. The molecule has 1 aliphatic heterocycles. The van der Waals surface area contributed by atoms with Gasteiger partial charge in [-0.3, -0.25) is 0 Å². The van der Waals surface area contributed by atoms with E-state index in [2.05, 4.69) is 49.5 Å². The Morgan fingerprint density at radius 2 is 1.79 bits per heavy atom. The van der Waals surface area contributed by atoms with E-state index in [-0.39, 0.29) is 5.41 Å². The van der Waals surface area contributed by atoms with E-state index in [4.69, 9.17) is 4.74 Å². The van der Waals surface area contributed by atoms with Crippen LogP contribution < -0.4 is 5.32 Å². The zero-order valence-electron chi connectivity index (χ0n) is 15.3. The zero-order chi connectivity index (χ0) is 16.6. The van der Waals surface area contributed by atoms with Crippen LogP contribution >= 0.6 is 0 Å². The molecule has 3 fully saturated rings. The third-order valence-corrected chi connectivity index (χ3v) is 6.95. The first-order valence-electron chi connectivity index (χ1n) is 10.1. The van der Waals surface area contributed by atoms with Gasteiger partial charge >= 0.3 is 0 Å². The summed E-state index contributed by atoms with van der Waals surface area (Å²) in [6.45, 7) is 5.53. The maximum Gasteiger partial charge on any atom is 0.0601 e. The molecule has 3 aliphatic rings. The van der Waals surface area contributed by atoms with Gasteiger partial charge in [-0.05, 0) is 49.5 Å². The van der Waals surface area contributed by atoms with Crippen LogP contribution in [0.25, 0.3) is 0 Å². The first-order chi connectivity index (χ1) is 11.7. The largest absolute Gasteiger partial charge is 0.377 e. The molecule has 0 spiro atoms. The molecule has 2 aliphatic carbocycles. The first-order valence-corrected chi connectivity index (χ1v) is 10.1. The second kappa shape index (κ2) is 6.80. The summed E-state index contributed by atoms with van der Waals surface area (Å²) < 4.78 is 6.40. The van der Waals surface area contributed by atoms with Crippen LogP contribution in [0.2, 0.25) is 0 Å². The van der Waals surface area contributed by atoms with Crippen molar-refractivity contribution < 1.29 is 4.74 Å². The normalized spacial score (nSPS) is 37.0. The van der Waals surface area contributed by atoms with Crippen LogP contribution in [0, 0.1) is 11.8 Å². The van der Waals surface area contributed by atoms with Gasteiger partial charge in [0.1, 0.15) is 0 Å². The van der Waals surface area contributed by atoms with Crippen molar-refractivity contribution in [2.45, 2.75) is 82.4 Å². The Hall–Kier alpha value is -0.860. The zero-order valence-corrected chi connectivity index (χ0v) is 15.3. The molecule has 4 rings (SSSR count). The molecule has 1 heterocycles. The van der Waals surface area contributed by atoms with E-state index in [0.717, 1.165) is 18.6 Å². The molecular weight excluding hydrogens is 294 g/mol. The van der Waals surface area contributed by atoms with Crippen molar-refractivity contribution in [2.75, 3.05) is 6.61 Å². The molecule has 1 aromatic rings. The fraction of sp³-hybridized carbons (Fsp3) is 0.727. The number of fused-ring (bicyclic) bond motifs is 1. The van der Waals surface area contributed by atoms with Crippen LogP contribution in [0.15, 0.2) is 30.3 Å². The minimum atomic E-state index is 0.239. The lowest BCUT2D eigenvalue weighted by atomic mass is 9.68. The maximum atomic E-state index is 6.40. The molecule has 0 amide bonds. The van der Waals surface area contributed by atoms with Gasteiger partial charge in [0.2, 0.25) is 0 Å². The highest BCUT2D eigenvalue weighted by Gasteiger charge is 2.52. The fourth-order valence-electron chi connectivity index (χ4n) is 5.59. The Bertz CT molecular complexity index is 536. The lowest BCUT2D eigenvalue weighted by molar-refractivity contribution is -0.0734. The van der Waals surface area contributed by atoms with Gasteiger partial charge in [-0.1, -0.05) is 57.0 Å². The van der Waals surface area contributed by atoms with Gasteiger partial charge < -0.3 is 10.1 Å². The van der Waals surface area contributed by atoms with Crippen molar-refractivity contribution in [1.29, 1.82) is 0 Å². The number of hydrogen-bond donors (Lipinski definition) is 1. The second-order valence-electron chi connectivity index (χ2n) is 8.83. The average molecular weight is 328 g/mol. The van der Waals surface area contributed by atoms with Gasteiger partial charge in [0, 0.05) is 17.5 Å². The van der Waals surface area contributed by atoms with Crippen LogP contribution in [-0.4, -0.2) is 24.8 Å². The van der Waals surface area contributed by atoms with Crippen LogP contribution in [0.3, 0.4) is 0 Å². The molecule has 0 radical (unpaired) electrons. The van der Waals surface area contributed by atoms with Crippen molar-refractivity contribution in [3.05, 3.63) is 35.9 Å². The first kappa shape index (κ1) is 16.6. The molecule has 0 aromatic heterocycles. The van der Waals surface area contributed by atoms with Crippen LogP contribution in [0.1, 0.15) is 64.4 Å². The standard InChI is InChI=1S/C22H33NO/c1-16(2)21-13-18-12-20(23-19-10-6-7-11-19)14-22(18,15-24-21)17-8-4-3-5-9-17/h3-5,8-9,16,18-21,23H,6-7,10-15H2,1-2H3/t18-,20+,21-,22+/m0/s1. The molecule has 0 unspecified atom stereocenters. The molecular formula is C22H33NO. The molecule has 1 saturated heterocycles. The van der Waals surface area contributed by atoms with E-state index < -0.39 is 0 Å². The van der Waals surface area contributed by atoms with Gasteiger partial charge in [0.25, 0.3) is 0 Å². The number of benzene rings is 1. The molecule has 2 heteroatoms. The van der Waals surface area contributed by atoms with Crippen LogP contribution in [-0.2, 0) is 10.2 Å². The van der Waals surface area contributed by atoms with Crippen molar-refractivity contribution >= 4 is 0 Å². The highest BCUT2D eigenvalue weighted by Crippen LogP contribution is 2.51. The predicted molar refractivity (Wildman–Crippen MR) is 99.2 cm³/mol. The Morgan fingerprint density at radius 3 is 2.50 bits per heavy atom. The van der Waals surface area contributed by atoms with E-state index in [1.54, 1.807) is 0 Å². The number of nitrogens with one attached hydrogen (secondary N) is 1. The Balaban J connectivity index is 1.56. The van der Waals surface area contributed by atoms with Gasteiger partial charge in [0.15, 0.2) is 0 Å². The highest BCUT2D eigenvalue weighted by molar-refractivity contribution is 5.30. The molecule has 0 bridgehead atoms. The molecule has 2 nitrogen and oxygen atoms in total. The SMILES string of the molecule is CC(C)[C@@H]1C[C@@H]2C[C@@H](NC3CCCC3)C[C@]2(c2ccccc2)CO1. The third-order valence-electron chi connectivity index (χ3n) is 6.95. The number of ether oxygens (including phenoxy) is 1. The smallest absolute Gasteiger partial charge is 0.0601 e. The molecule has 1 aromatic carbocycles.